The Morgan fingerprint density at radius 2 is 2.08 bits per heavy atom. The number of esters is 2. The fourth-order valence-electron chi connectivity index (χ4n) is 5.56. The molecule has 2 saturated heterocycles. The summed E-state index contributed by atoms with van der Waals surface area (Å²) in [6.07, 6.45) is 1.83. The molecule has 5 heteroatoms. The fraction of sp³-hybridized carbons (Fsp3) is 0.600. The zero-order chi connectivity index (χ0) is 17.9. The number of methoxy groups -OCH3 is 2. The molecule has 2 aliphatic carbocycles. The van der Waals surface area contributed by atoms with Gasteiger partial charge in [-0.15, -0.1) is 0 Å². The van der Waals surface area contributed by atoms with E-state index in [-0.39, 0.29) is 23.8 Å². The van der Waals surface area contributed by atoms with Crippen molar-refractivity contribution >= 4 is 11.9 Å². The van der Waals surface area contributed by atoms with E-state index in [1.54, 1.807) is 7.11 Å². The van der Waals surface area contributed by atoms with Crippen LogP contribution in [0.25, 0.3) is 0 Å². The Morgan fingerprint density at radius 3 is 2.72 bits per heavy atom. The molecule has 1 aromatic rings. The summed E-state index contributed by atoms with van der Waals surface area (Å²) in [6.45, 7) is 4.16. The van der Waals surface area contributed by atoms with Crippen LogP contribution in [-0.4, -0.2) is 32.3 Å². The highest BCUT2D eigenvalue weighted by molar-refractivity contribution is 5.87. The zero-order valence-electron chi connectivity index (χ0n) is 15.1. The molecule has 2 bridgehead atoms. The van der Waals surface area contributed by atoms with Gasteiger partial charge in [0.25, 0.3) is 0 Å². The molecule has 0 unspecified atom stereocenters. The number of carbonyl (C=O) groups is 2. The summed E-state index contributed by atoms with van der Waals surface area (Å²) >= 11 is 0. The Morgan fingerprint density at radius 1 is 1.32 bits per heavy atom. The van der Waals surface area contributed by atoms with E-state index in [0.717, 1.165) is 29.7 Å². The summed E-state index contributed by atoms with van der Waals surface area (Å²) in [5, 5.41) is 0. The van der Waals surface area contributed by atoms with Crippen LogP contribution in [0, 0.1) is 24.2 Å². The third-order valence-electron chi connectivity index (χ3n) is 6.69. The lowest BCUT2D eigenvalue weighted by Gasteiger charge is -2.59. The van der Waals surface area contributed by atoms with Gasteiger partial charge in [0.05, 0.1) is 19.6 Å². The van der Waals surface area contributed by atoms with Crippen LogP contribution in [0.3, 0.4) is 0 Å². The molecule has 2 heterocycles. The third-order valence-corrected chi connectivity index (χ3v) is 6.69. The molecule has 5 nitrogen and oxygen atoms in total. The molecule has 5 atom stereocenters. The van der Waals surface area contributed by atoms with Crippen molar-refractivity contribution in [1.82, 2.24) is 0 Å². The van der Waals surface area contributed by atoms with E-state index in [9.17, 15) is 9.59 Å². The first-order valence-electron chi connectivity index (χ1n) is 8.90. The predicted molar refractivity (Wildman–Crippen MR) is 90.4 cm³/mol. The third kappa shape index (κ3) is 2.01. The summed E-state index contributed by atoms with van der Waals surface area (Å²) in [7, 11) is 3.07. The van der Waals surface area contributed by atoms with Crippen molar-refractivity contribution in [3.63, 3.8) is 0 Å². The van der Waals surface area contributed by atoms with Crippen LogP contribution in [0.2, 0.25) is 0 Å². The van der Waals surface area contributed by atoms with E-state index in [4.69, 9.17) is 14.2 Å². The second kappa shape index (κ2) is 5.48. The maximum Gasteiger partial charge on any atom is 0.313 e. The van der Waals surface area contributed by atoms with Gasteiger partial charge in [-0.1, -0.05) is 6.92 Å². The van der Waals surface area contributed by atoms with Crippen molar-refractivity contribution in [2.45, 2.75) is 45.1 Å². The lowest BCUT2D eigenvalue weighted by molar-refractivity contribution is -0.214. The maximum absolute atomic E-state index is 12.9. The van der Waals surface area contributed by atoms with Gasteiger partial charge < -0.3 is 14.2 Å². The molecule has 2 aliphatic heterocycles. The Balaban J connectivity index is 1.95. The van der Waals surface area contributed by atoms with Crippen LogP contribution in [0.5, 0.6) is 5.75 Å². The van der Waals surface area contributed by atoms with Gasteiger partial charge in [0.2, 0.25) is 0 Å². The van der Waals surface area contributed by atoms with E-state index >= 15 is 0 Å². The highest BCUT2D eigenvalue weighted by Gasteiger charge is 2.67. The maximum atomic E-state index is 12.9. The molecular formula is C20H24O5. The van der Waals surface area contributed by atoms with Gasteiger partial charge in [0.1, 0.15) is 17.8 Å². The van der Waals surface area contributed by atoms with Crippen molar-refractivity contribution in [2.24, 2.45) is 17.3 Å². The van der Waals surface area contributed by atoms with E-state index in [0.29, 0.717) is 6.42 Å². The molecule has 1 aromatic carbocycles. The van der Waals surface area contributed by atoms with Crippen molar-refractivity contribution in [1.29, 1.82) is 0 Å². The fourth-order valence-corrected chi connectivity index (χ4v) is 5.56. The normalized spacial score (nSPS) is 35.4. The number of hydrogen-bond acceptors (Lipinski definition) is 5. The average molecular weight is 344 g/mol. The standard InChI is InChI=1S/C20H24O5/c1-10-7-13(23-3)9-12-5-6-20-11(2)8-14(25-19(20)22)16(18(21)24-4)17(20)15(10)12/h7,9,11,14,16-17H,5-6,8H2,1-4H3/t11-,14+,16+,17-,20-/m0/s1. The van der Waals surface area contributed by atoms with Gasteiger partial charge in [-0.3, -0.25) is 9.59 Å². The van der Waals surface area contributed by atoms with Gasteiger partial charge in [-0.05, 0) is 60.9 Å². The van der Waals surface area contributed by atoms with Crippen molar-refractivity contribution in [3.05, 3.63) is 28.8 Å². The number of carbonyl (C=O) groups excluding carboxylic acids is 2. The quantitative estimate of drug-likeness (QED) is 0.772. The van der Waals surface area contributed by atoms with Crippen LogP contribution < -0.4 is 4.74 Å². The molecule has 5 rings (SSSR count). The van der Waals surface area contributed by atoms with Gasteiger partial charge in [0.15, 0.2) is 0 Å². The summed E-state index contributed by atoms with van der Waals surface area (Å²) in [4.78, 5) is 25.6. The lowest BCUT2D eigenvalue weighted by atomic mass is 9.48. The molecule has 25 heavy (non-hydrogen) atoms. The van der Waals surface area contributed by atoms with Crippen LogP contribution in [-0.2, 0) is 25.5 Å². The topological polar surface area (TPSA) is 61.8 Å². The molecule has 3 fully saturated rings. The van der Waals surface area contributed by atoms with Crippen molar-refractivity contribution in [3.8, 4) is 5.75 Å². The zero-order valence-corrected chi connectivity index (χ0v) is 15.1. The summed E-state index contributed by atoms with van der Waals surface area (Å²) in [5.41, 5.74) is 2.74. The Bertz CT molecular complexity index is 755. The van der Waals surface area contributed by atoms with Gasteiger partial charge in [-0.25, -0.2) is 0 Å². The summed E-state index contributed by atoms with van der Waals surface area (Å²) in [6, 6.07) is 4.03. The number of aryl methyl sites for hydroxylation is 2. The largest absolute Gasteiger partial charge is 0.497 e. The average Bonchev–Trinajstić information content (AvgIpc) is 2.60. The lowest BCUT2D eigenvalue weighted by Crippen LogP contribution is -2.63. The van der Waals surface area contributed by atoms with E-state index < -0.39 is 17.4 Å². The molecular weight excluding hydrogens is 320 g/mol. The first kappa shape index (κ1) is 16.4. The number of benzene rings is 1. The predicted octanol–water partition coefficient (Wildman–Crippen LogP) is 2.77. The summed E-state index contributed by atoms with van der Waals surface area (Å²) < 4.78 is 16.2. The minimum atomic E-state index is -0.625. The highest BCUT2D eigenvalue weighted by atomic mass is 16.6. The first-order valence-corrected chi connectivity index (χ1v) is 8.90. The Kier molecular flexibility index (Phi) is 3.60. The smallest absolute Gasteiger partial charge is 0.313 e. The van der Waals surface area contributed by atoms with Crippen molar-refractivity contribution in [2.75, 3.05) is 14.2 Å². The first-order chi connectivity index (χ1) is 11.9. The van der Waals surface area contributed by atoms with Gasteiger partial charge in [0, 0.05) is 5.92 Å². The minimum absolute atomic E-state index is 0.137. The van der Waals surface area contributed by atoms with Crippen LogP contribution in [0.4, 0.5) is 0 Å². The molecule has 134 valence electrons. The second-order valence-corrected chi connectivity index (χ2v) is 7.66. The Hall–Kier alpha value is -2.04. The summed E-state index contributed by atoms with van der Waals surface area (Å²) in [5.74, 6) is -0.00325. The number of fused-ring (bicyclic) bond motifs is 3. The molecule has 0 amide bonds. The second-order valence-electron chi connectivity index (χ2n) is 7.66. The SMILES string of the molecule is COC(=O)[C@@H]1[C@H]2C[C@H](C)[C@]3(CCc4cc(OC)cc(C)c4[C@@H]13)C(=O)O2. The molecule has 4 aliphatic rings. The number of ether oxygens (including phenoxy) is 3. The monoisotopic (exact) mass is 344 g/mol. The van der Waals surface area contributed by atoms with Gasteiger partial charge in [-0.2, -0.15) is 0 Å². The van der Waals surface area contributed by atoms with Crippen LogP contribution >= 0.6 is 0 Å². The van der Waals surface area contributed by atoms with E-state index in [1.165, 1.54) is 12.7 Å². The Labute approximate surface area is 147 Å². The van der Waals surface area contributed by atoms with E-state index in [2.05, 4.69) is 6.92 Å². The molecule has 0 N–H and O–H groups in total. The van der Waals surface area contributed by atoms with E-state index in [1.807, 2.05) is 19.1 Å². The number of hydrogen-bond donors (Lipinski definition) is 0. The molecule has 1 spiro atoms. The molecule has 1 saturated carbocycles. The molecule has 0 aromatic heterocycles. The minimum Gasteiger partial charge on any atom is -0.497 e. The molecule has 0 radical (unpaired) electrons. The highest BCUT2D eigenvalue weighted by Crippen LogP contribution is 2.64. The van der Waals surface area contributed by atoms with Crippen LogP contribution in [0.15, 0.2) is 12.1 Å². The van der Waals surface area contributed by atoms with Crippen molar-refractivity contribution < 1.29 is 23.8 Å². The van der Waals surface area contributed by atoms with Crippen LogP contribution in [0.1, 0.15) is 42.4 Å². The van der Waals surface area contributed by atoms with Gasteiger partial charge >= 0.3 is 11.9 Å². The number of rotatable bonds is 2.